The van der Waals surface area contributed by atoms with Crippen molar-refractivity contribution in [3.63, 3.8) is 0 Å². The number of rotatable bonds is 8. The van der Waals surface area contributed by atoms with Crippen molar-refractivity contribution in [2.45, 2.75) is 25.9 Å². The Hall–Kier alpha value is -2.90. The van der Waals surface area contributed by atoms with Gasteiger partial charge in [-0.25, -0.2) is 4.79 Å². The molecule has 0 amide bonds. The van der Waals surface area contributed by atoms with Crippen LogP contribution >= 0.6 is 0 Å². The second-order valence-electron chi connectivity index (χ2n) is 8.40. The molecule has 2 aromatic carbocycles. The van der Waals surface area contributed by atoms with Crippen LogP contribution in [-0.4, -0.2) is 65.8 Å². The van der Waals surface area contributed by atoms with Crippen molar-refractivity contribution < 1.29 is 19.0 Å². The van der Waals surface area contributed by atoms with Gasteiger partial charge >= 0.3 is 5.97 Å². The second kappa shape index (κ2) is 9.71. The van der Waals surface area contributed by atoms with Crippen LogP contribution in [0.25, 0.3) is 10.9 Å². The zero-order valence-electron chi connectivity index (χ0n) is 18.6. The van der Waals surface area contributed by atoms with Crippen molar-refractivity contribution in [3.8, 4) is 5.75 Å². The Morgan fingerprint density at radius 2 is 2.03 bits per heavy atom. The first kappa shape index (κ1) is 22.3. The molecule has 1 aliphatic heterocycles. The van der Waals surface area contributed by atoms with Gasteiger partial charge in [-0.3, -0.25) is 9.29 Å². The SMILES string of the molecule is COc1cc(C)c2[nH]ccc2c1CN1CCN(CCCF)C[C@H]1c1ccc(C(=O)O)cc1. The van der Waals surface area contributed by atoms with Crippen LogP contribution in [0.1, 0.15) is 39.5 Å². The molecule has 0 bridgehead atoms. The number of methoxy groups -OCH3 is 1. The molecule has 1 fully saturated rings. The number of aromatic nitrogens is 1. The summed E-state index contributed by atoms with van der Waals surface area (Å²) in [6.45, 7) is 5.67. The van der Waals surface area contributed by atoms with E-state index in [1.807, 2.05) is 18.3 Å². The van der Waals surface area contributed by atoms with Crippen LogP contribution in [0.15, 0.2) is 42.6 Å². The molecular formula is C25H30FN3O3. The number of hydrogen-bond donors (Lipinski definition) is 2. The molecular weight excluding hydrogens is 409 g/mol. The summed E-state index contributed by atoms with van der Waals surface area (Å²) in [5.74, 6) is -0.0599. The number of fused-ring (bicyclic) bond motifs is 1. The molecule has 32 heavy (non-hydrogen) atoms. The Morgan fingerprint density at radius 3 is 2.72 bits per heavy atom. The molecule has 4 rings (SSSR count). The van der Waals surface area contributed by atoms with E-state index >= 15 is 0 Å². The molecule has 0 aliphatic carbocycles. The van der Waals surface area contributed by atoms with Gasteiger partial charge in [0.25, 0.3) is 0 Å². The molecule has 1 saturated heterocycles. The second-order valence-corrected chi connectivity index (χ2v) is 8.40. The Kier molecular flexibility index (Phi) is 6.77. The molecule has 2 N–H and O–H groups in total. The van der Waals surface area contributed by atoms with Gasteiger partial charge in [0.15, 0.2) is 0 Å². The number of carbonyl (C=O) groups is 1. The minimum atomic E-state index is -0.930. The maximum absolute atomic E-state index is 12.8. The van der Waals surface area contributed by atoms with Gasteiger partial charge in [0.1, 0.15) is 5.75 Å². The number of nitrogens with zero attached hydrogens (tertiary/aromatic N) is 2. The summed E-state index contributed by atoms with van der Waals surface area (Å²) >= 11 is 0. The van der Waals surface area contributed by atoms with Gasteiger partial charge in [-0.05, 0) is 48.7 Å². The van der Waals surface area contributed by atoms with Gasteiger partial charge in [0.2, 0.25) is 0 Å². The van der Waals surface area contributed by atoms with Crippen LogP contribution < -0.4 is 4.74 Å². The maximum atomic E-state index is 12.8. The van der Waals surface area contributed by atoms with E-state index in [0.717, 1.165) is 59.5 Å². The van der Waals surface area contributed by atoms with Crippen molar-refractivity contribution in [3.05, 3.63) is 64.8 Å². The summed E-state index contributed by atoms with van der Waals surface area (Å²) in [6.07, 6.45) is 2.48. The van der Waals surface area contributed by atoms with Crippen molar-refractivity contribution in [2.24, 2.45) is 0 Å². The monoisotopic (exact) mass is 439 g/mol. The van der Waals surface area contributed by atoms with E-state index in [1.165, 1.54) is 0 Å². The number of nitrogens with one attached hydrogen (secondary N) is 1. The zero-order valence-corrected chi connectivity index (χ0v) is 18.6. The number of H-pyrrole nitrogens is 1. The van der Waals surface area contributed by atoms with Crippen molar-refractivity contribution >= 4 is 16.9 Å². The fourth-order valence-electron chi connectivity index (χ4n) is 4.70. The van der Waals surface area contributed by atoms with Gasteiger partial charge < -0.3 is 19.7 Å². The lowest BCUT2D eigenvalue weighted by Crippen LogP contribution is -2.48. The van der Waals surface area contributed by atoms with Gasteiger partial charge in [-0.2, -0.15) is 0 Å². The highest BCUT2D eigenvalue weighted by Crippen LogP contribution is 2.35. The Labute approximate surface area is 187 Å². The van der Waals surface area contributed by atoms with E-state index in [1.54, 1.807) is 19.2 Å². The maximum Gasteiger partial charge on any atom is 0.335 e. The molecule has 2 heterocycles. The minimum absolute atomic E-state index is 0.0752. The van der Waals surface area contributed by atoms with Gasteiger partial charge in [0, 0.05) is 61.4 Å². The van der Waals surface area contributed by atoms with E-state index in [4.69, 9.17) is 4.74 Å². The number of aryl methyl sites for hydroxylation is 1. The zero-order chi connectivity index (χ0) is 22.7. The average molecular weight is 440 g/mol. The van der Waals surface area contributed by atoms with E-state index in [0.29, 0.717) is 13.0 Å². The van der Waals surface area contributed by atoms with Crippen LogP contribution in [0.3, 0.4) is 0 Å². The fraction of sp³-hybridized carbons (Fsp3) is 0.400. The Morgan fingerprint density at radius 1 is 1.25 bits per heavy atom. The summed E-state index contributed by atoms with van der Waals surface area (Å²) < 4.78 is 18.5. The highest BCUT2D eigenvalue weighted by atomic mass is 19.1. The van der Waals surface area contributed by atoms with Crippen molar-refractivity contribution in [2.75, 3.05) is 40.0 Å². The van der Waals surface area contributed by atoms with Gasteiger partial charge in [-0.1, -0.05) is 12.1 Å². The lowest BCUT2D eigenvalue weighted by molar-refractivity contribution is 0.0658. The molecule has 0 radical (unpaired) electrons. The number of halogens is 1. The summed E-state index contributed by atoms with van der Waals surface area (Å²) in [4.78, 5) is 19.3. The van der Waals surface area contributed by atoms with Crippen LogP contribution in [0.5, 0.6) is 5.75 Å². The minimum Gasteiger partial charge on any atom is -0.496 e. The third-order valence-corrected chi connectivity index (χ3v) is 6.42. The lowest BCUT2D eigenvalue weighted by Gasteiger charge is -2.42. The predicted molar refractivity (Wildman–Crippen MR) is 123 cm³/mol. The quantitative estimate of drug-likeness (QED) is 0.545. The molecule has 7 heteroatoms. The number of alkyl halides is 1. The number of ether oxygens (including phenoxy) is 1. The average Bonchev–Trinajstić information content (AvgIpc) is 3.30. The number of hydrogen-bond acceptors (Lipinski definition) is 4. The largest absolute Gasteiger partial charge is 0.496 e. The molecule has 3 aromatic rings. The highest BCUT2D eigenvalue weighted by molar-refractivity contribution is 5.88. The smallest absolute Gasteiger partial charge is 0.335 e. The molecule has 0 saturated carbocycles. The van der Waals surface area contributed by atoms with Crippen LogP contribution in [0.2, 0.25) is 0 Å². The predicted octanol–water partition coefficient (Wildman–Crippen LogP) is 4.40. The Bertz CT molecular complexity index is 1080. The molecule has 1 aromatic heterocycles. The molecule has 1 aliphatic rings. The fourth-order valence-corrected chi connectivity index (χ4v) is 4.70. The first-order chi connectivity index (χ1) is 15.5. The van der Waals surface area contributed by atoms with Gasteiger partial charge in [0.05, 0.1) is 19.3 Å². The van der Waals surface area contributed by atoms with Crippen LogP contribution in [-0.2, 0) is 6.54 Å². The number of carboxylic acid groups (broad SMARTS) is 1. The normalized spacial score (nSPS) is 17.7. The van der Waals surface area contributed by atoms with E-state index in [9.17, 15) is 14.3 Å². The topological polar surface area (TPSA) is 68.8 Å². The summed E-state index contributed by atoms with van der Waals surface area (Å²) in [6, 6.07) is 11.4. The standard InChI is InChI=1S/C25H30FN3O3/c1-17-14-23(32-2)21(20-8-10-27-24(17)20)15-29-13-12-28(11-3-9-26)16-22(29)18-4-6-19(7-5-18)25(30)31/h4-8,10,14,22,27H,3,9,11-13,15-16H2,1-2H3,(H,30,31)/t22-/m0/s1. The van der Waals surface area contributed by atoms with Crippen molar-refractivity contribution in [1.29, 1.82) is 0 Å². The summed E-state index contributed by atoms with van der Waals surface area (Å²) in [5, 5.41) is 10.4. The number of carboxylic acids is 1. The highest BCUT2D eigenvalue weighted by Gasteiger charge is 2.29. The number of aromatic carboxylic acids is 1. The molecule has 170 valence electrons. The molecule has 0 unspecified atom stereocenters. The van der Waals surface area contributed by atoms with Crippen LogP contribution in [0.4, 0.5) is 4.39 Å². The lowest BCUT2D eigenvalue weighted by atomic mass is 9.98. The van der Waals surface area contributed by atoms with Gasteiger partial charge in [-0.15, -0.1) is 0 Å². The number of piperazine rings is 1. The number of benzene rings is 2. The van der Waals surface area contributed by atoms with E-state index in [2.05, 4.69) is 33.8 Å². The molecule has 1 atom stereocenters. The van der Waals surface area contributed by atoms with E-state index in [-0.39, 0.29) is 18.3 Å². The molecule has 0 spiro atoms. The third kappa shape index (κ3) is 4.49. The summed E-state index contributed by atoms with van der Waals surface area (Å²) in [5.41, 5.74) is 4.74. The Balaban J connectivity index is 1.67. The number of aromatic amines is 1. The van der Waals surface area contributed by atoms with Crippen LogP contribution in [0, 0.1) is 6.92 Å². The third-order valence-electron chi connectivity index (χ3n) is 6.42. The van der Waals surface area contributed by atoms with E-state index < -0.39 is 5.97 Å². The van der Waals surface area contributed by atoms with Crippen molar-refractivity contribution in [1.82, 2.24) is 14.8 Å². The first-order valence-corrected chi connectivity index (χ1v) is 11.0. The summed E-state index contributed by atoms with van der Waals surface area (Å²) in [7, 11) is 1.70. The molecule has 6 nitrogen and oxygen atoms in total. The first-order valence-electron chi connectivity index (χ1n) is 11.0.